The predicted molar refractivity (Wildman–Crippen MR) is 60.6 cm³/mol. The molecule has 82 valence electrons. The van der Waals surface area contributed by atoms with Gasteiger partial charge < -0.3 is 10.5 Å². The molecule has 0 spiro atoms. The van der Waals surface area contributed by atoms with Gasteiger partial charge in [-0.25, -0.2) is 9.37 Å². The molecule has 2 aromatic rings. The number of aromatic nitrogens is 2. The van der Waals surface area contributed by atoms with Crippen LogP contribution in [0.1, 0.15) is 0 Å². The fourth-order valence-corrected chi connectivity index (χ4v) is 1.42. The summed E-state index contributed by atoms with van der Waals surface area (Å²) in [6.07, 6.45) is 1.44. The number of benzene rings is 1. The third-order valence-electron chi connectivity index (χ3n) is 1.76. The van der Waals surface area contributed by atoms with Gasteiger partial charge in [0.1, 0.15) is 0 Å². The SMILES string of the molecule is Nc1nccc(Oc2cc(Br)ccc2F)n1. The van der Waals surface area contributed by atoms with Gasteiger partial charge in [0, 0.05) is 16.7 Å². The molecule has 0 aliphatic rings. The van der Waals surface area contributed by atoms with Crippen molar-refractivity contribution in [1.82, 2.24) is 9.97 Å². The average molecular weight is 284 g/mol. The summed E-state index contributed by atoms with van der Waals surface area (Å²) >= 11 is 3.22. The van der Waals surface area contributed by atoms with E-state index in [0.717, 1.165) is 0 Å². The van der Waals surface area contributed by atoms with Crippen LogP contribution in [0.15, 0.2) is 34.9 Å². The van der Waals surface area contributed by atoms with E-state index in [1.807, 2.05) is 0 Å². The van der Waals surface area contributed by atoms with Gasteiger partial charge in [-0.1, -0.05) is 15.9 Å². The van der Waals surface area contributed by atoms with Gasteiger partial charge in [-0.15, -0.1) is 0 Å². The number of hydrogen-bond donors (Lipinski definition) is 1. The molecule has 16 heavy (non-hydrogen) atoms. The van der Waals surface area contributed by atoms with E-state index >= 15 is 0 Å². The molecule has 2 rings (SSSR count). The van der Waals surface area contributed by atoms with E-state index in [0.29, 0.717) is 4.47 Å². The zero-order chi connectivity index (χ0) is 11.5. The number of nitrogens with two attached hydrogens (primary N) is 1. The molecule has 2 N–H and O–H groups in total. The van der Waals surface area contributed by atoms with Crippen molar-refractivity contribution in [2.75, 3.05) is 5.73 Å². The van der Waals surface area contributed by atoms with E-state index in [1.165, 1.54) is 24.4 Å². The maximum atomic E-state index is 13.3. The third kappa shape index (κ3) is 2.46. The van der Waals surface area contributed by atoms with Crippen LogP contribution in [-0.4, -0.2) is 9.97 Å². The molecule has 0 aliphatic heterocycles. The van der Waals surface area contributed by atoms with E-state index in [9.17, 15) is 4.39 Å². The zero-order valence-corrected chi connectivity index (χ0v) is 9.61. The van der Waals surface area contributed by atoms with Crippen molar-refractivity contribution < 1.29 is 9.13 Å². The number of nitrogen functional groups attached to an aromatic ring is 1. The lowest BCUT2D eigenvalue weighted by molar-refractivity contribution is 0.427. The van der Waals surface area contributed by atoms with Gasteiger partial charge >= 0.3 is 0 Å². The first-order valence-corrected chi connectivity index (χ1v) is 5.16. The minimum absolute atomic E-state index is 0.0764. The van der Waals surface area contributed by atoms with Crippen LogP contribution < -0.4 is 10.5 Å². The highest BCUT2D eigenvalue weighted by molar-refractivity contribution is 9.10. The van der Waals surface area contributed by atoms with Crippen LogP contribution in [0.3, 0.4) is 0 Å². The predicted octanol–water partition coefficient (Wildman–Crippen LogP) is 2.75. The molecule has 0 fully saturated rings. The second kappa shape index (κ2) is 4.44. The van der Waals surface area contributed by atoms with E-state index in [4.69, 9.17) is 10.5 Å². The molecule has 0 amide bonds. The minimum atomic E-state index is -0.472. The first-order chi connectivity index (χ1) is 7.65. The Morgan fingerprint density at radius 3 is 2.88 bits per heavy atom. The monoisotopic (exact) mass is 283 g/mol. The van der Waals surface area contributed by atoms with E-state index in [2.05, 4.69) is 25.9 Å². The number of halogens is 2. The minimum Gasteiger partial charge on any atom is -0.436 e. The molecule has 0 saturated carbocycles. The van der Waals surface area contributed by atoms with E-state index in [1.54, 1.807) is 6.07 Å². The molecule has 1 aromatic heterocycles. The Balaban J connectivity index is 2.30. The van der Waals surface area contributed by atoms with Crippen molar-refractivity contribution >= 4 is 21.9 Å². The largest absolute Gasteiger partial charge is 0.436 e. The summed E-state index contributed by atoms with van der Waals surface area (Å²) in [5.74, 6) is -0.120. The second-order valence-electron chi connectivity index (χ2n) is 2.93. The first-order valence-electron chi connectivity index (χ1n) is 4.36. The Kier molecular flexibility index (Phi) is 3.00. The summed E-state index contributed by atoms with van der Waals surface area (Å²) < 4.78 is 19.3. The fourth-order valence-electron chi connectivity index (χ4n) is 1.08. The third-order valence-corrected chi connectivity index (χ3v) is 2.25. The van der Waals surface area contributed by atoms with Crippen LogP contribution in [0, 0.1) is 5.82 Å². The van der Waals surface area contributed by atoms with E-state index < -0.39 is 5.82 Å². The van der Waals surface area contributed by atoms with Gasteiger partial charge in [-0.2, -0.15) is 4.98 Å². The highest BCUT2D eigenvalue weighted by atomic mass is 79.9. The van der Waals surface area contributed by atoms with Crippen molar-refractivity contribution in [2.24, 2.45) is 0 Å². The number of ether oxygens (including phenoxy) is 1. The highest BCUT2D eigenvalue weighted by Gasteiger charge is 2.06. The number of rotatable bonds is 2. The van der Waals surface area contributed by atoms with Crippen LogP contribution >= 0.6 is 15.9 Å². The smallest absolute Gasteiger partial charge is 0.224 e. The summed E-state index contributed by atoms with van der Waals surface area (Å²) in [6, 6.07) is 5.88. The van der Waals surface area contributed by atoms with Gasteiger partial charge in [0.25, 0.3) is 0 Å². The molecule has 0 radical (unpaired) electrons. The summed E-state index contributed by atoms with van der Waals surface area (Å²) in [6.45, 7) is 0. The summed E-state index contributed by atoms with van der Waals surface area (Å²) in [4.78, 5) is 7.51. The Morgan fingerprint density at radius 1 is 1.31 bits per heavy atom. The second-order valence-corrected chi connectivity index (χ2v) is 3.85. The molecule has 0 atom stereocenters. The molecule has 6 heteroatoms. The van der Waals surface area contributed by atoms with E-state index in [-0.39, 0.29) is 17.6 Å². The van der Waals surface area contributed by atoms with Crippen LogP contribution in [-0.2, 0) is 0 Å². The molecule has 0 aliphatic carbocycles. The fraction of sp³-hybridized carbons (Fsp3) is 0. The number of nitrogens with zero attached hydrogens (tertiary/aromatic N) is 2. The molecule has 0 bridgehead atoms. The lowest BCUT2D eigenvalue weighted by atomic mass is 10.3. The van der Waals surface area contributed by atoms with Gasteiger partial charge in [0.15, 0.2) is 11.6 Å². The summed E-state index contributed by atoms with van der Waals surface area (Å²) in [7, 11) is 0. The van der Waals surface area contributed by atoms with Gasteiger partial charge in [0.2, 0.25) is 11.8 Å². The van der Waals surface area contributed by atoms with Crippen LogP contribution in [0.2, 0.25) is 0 Å². The molecular formula is C10H7BrFN3O. The van der Waals surface area contributed by atoms with Crippen molar-refractivity contribution in [3.63, 3.8) is 0 Å². The Hall–Kier alpha value is -1.69. The quantitative estimate of drug-likeness (QED) is 0.921. The van der Waals surface area contributed by atoms with Crippen molar-refractivity contribution in [3.05, 3.63) is 40.8 Å². The molecular weight excluding hydrogens is 277 g/mol. The van der Waals surface area contributed by atoms with Gasteiger partial charge in [0.05, 0.1) is 0 Å². The molecule has 4 nitrogen and oxygen atoms in total. The van der Waals surface area contributed by atoms with Crippen LogP contribution in [0.25, 0.3) is 0 Å². The zero-order valence-electron chi connectivity index (χ0n) is 8.02. The summed E-state index contributed by atoms with van der Waals surface area (Å²) in [5.41, 5.74) is 5.37. The van der Waals surface area contributed by atoms with Gasteiger partial charge in [-0.05, 0) is 18.2 Å². The standard InChI is InChI=1S/C10H7BrFN3O/c11-6-1-2-7(12)8(5-6)16-9-3-4-14-10(13)15-9/h1-5H,(H2,13,14,15). The maximum Gasteiger partial charge on any atom is 0.224 e. The van der Waals surface area contributed by atoms with Gasteiger partial charge in [-0.3, -0.25) is 0 Å². The lowest BCUT2D eigenvalue weighted by Crippen LogP contribution is -1.96. The Bertz CT molecular complexity index is 521. The van der Waals surface area contributed by atoms with Crippen LogP contribution in [0.5, 0.6) is 11.6 Å². The van der Waals surface area contributed by atoms with Crippen LogP contribution in [0.4, 0.5) is 10.3 Å². The number of hydrogen-bond acceptors (Lipinski definition) is 4. The summed E-state index contributed by atoms with van der Waals surface area (Å²) in [5, 5.41) is 0. The van der Waals surface area contributed by atoms with Crippen molar-refractivity contribution in [3.8, 4) is 11.6 Å². The van der Waals surface area contributed by atoms with Crippen molar-refractivity contribution in [2.45, 2.75) is 0 Å². The molecule has 0 saturated heterocycles. The first kappa shape index (κ1) is 10.8. The maximum absolute atomic E-state index is 13.3. The Morgan fingerprint density at radius 2 is 2.12 bits per heavy atom. The average Bonchev–Trinajstić information content (AvgIpc) is 2.24. The number of anilines is 1. The molecule has 1 heterocycles. The highest BCUT2D eigenvalue weighted by Crippen LogP contribution is 2.26. The molecule has 1 aromatic carbocycles. The Labute approximate surface area is 99.4 Å². The van der Waals surface area contributed by atoms with Crippen molar-refractivity contribution in [1.29, 1.82) is 0 Å². The normalized spacial score (nSPS) is 10.1. The lowest BCUT2D eigenvalue weighted by Gasteiger charge is -2.05. The molecule has 0 unspecified atom stereocenters. The topological polar surface area (TPSA) is 61.0 Å².